The average Bonchev–Trinajstić information content (AvgIpc) is 3.89. The van der Waals surface area contributed by atoms with Crippen LogP contribution in [0.25, 0.3) is 11.0 Å². The van der Waals surface area contributed by atoms with E-state index in [-0.39, 0.29) is 34.7 Å². The largest absolute Gasteiger partial charge is 0.468 e. The molecule has 74 heavy (non-hydrogen) atoms. The molecule has 4 saturated heterocycles. The number of anilines is 5. The van der Waals surface area contributed by atoms with Crippen LogP contribution >= 0.6 is 0 Å². The fourth-order valence-corrected chi connectivity index (χ4v) is 13.4. The number of nitro groups is 1. The number of pyridine rings is 1. The van der Waals surface area contributed by atoms with Crippen LogP contribution in [-0.2, 0) is 19.5 Å². The van der Waals surface area contributed by atoms with E-state index in [1.54, 1.807) is 12.4 Å². The molecule has 8 heterocycles. The Morgan fingerprint density at radius 2 is 1.69 bits per heavy atom. The lowest BCUT2D eigenvalue weighted by Gasteiger charge is -2.58. The number of rotatable bonds is 12. The predicted molar refractivity (Wildman–Crippen MR) is 280 cm³/mol. The Balaban J connectivity index is 0.816. The molecular weight excluding hydrogens is 963 g/mol. The number of aryl methyl sites for hydroxylation is 1. The lowest BCUT2D eigenvalue weighted by Crippen LogP contribution is -2.60. The maximum Gasteiger partial charge on any atom is 0.293 e. The van der Waals surface area contributed by atoms with Crippen LogP contribution in [0.5, 0.6) is 5.88 Å². The second kappa shape index (κ2) is 19.8. The lowest BCUT2D eigenvalue weighted by atomic mass is 9.59. The quantitative estimate of drug-likeness (QED) is 0.0798. The molecule has 386 valence electrons. The minimum absolute atomic E-state index is 0.118. The molecule has 0 unspecified atom stereocenters. The maximum absolute atomic E-state index is 14.7. The van der Waals surface area contributed by atoms with E-state index in [1.807, 2.05) is 42.9 Å². The van der Waals surface area contributed by atoms with Crippen LogP contribution in [0.1, 0.15) is 72.5 Å². The number of nitrogens with one attached hydrogen (secondary N) is 3. The summed E-state index contributed by atoms with van der Waals surface area (Å²) in [6, 6.07) is 22.4. The van der Waals surface area contributed by atoms with Crippen LogP contribution in [0.2, 0.25) is 0 Å². The Hall–Kier alpha value is -6.87. The predicted octanol–water partition coefficient (Wildman–Crippen LogP) is 7.53. The van der Waals surface area contributed by atoms with Crippen molar-refractivity contribution in [1.29, 1.82) is 0 Å². The summed E-state index contributed by atoms with van der Waals surface area (Å²) in [6.45, 7) is 9.08. The molecule has 1 aliphatic carbocycles. The molecule has 19 nitrogen and oxygen atoms in total. The monoisotopic (exact) mass is 1020 g/mol. The van der Waals surface area contributed by atoms with Gasteiger partial charge in [-0.2, -0.15) is 4.98 Å². The highest BCUT2D eigenvalue weighted by atomic mass is 32.2. The summed E-state index contributed by atoms with van der Waals surface area (Å²) in [6.07, 6.45) is 13.3. The van der Waals surface area contributed by atoms with E-state index < -0.39 is 37.5 Å². The molecule has 0 radical (unpaired) electrons. The van der Waals surface area contributed by atoms with Crippen LogP contribution in [0.3, 0.4) is 0 Å². The van der Waals surface area contributed by atoms with Crippen molar-refractivity contribution in [1.82, 2.24) is 29.6 Å². The molecule has 3 aromatic carbocycles. The second-order valence-electron chi connectivity index (χ2n) is 20.9. The van der Waals surface area contributed by atoms with Gasteiger partial charge in [0.1, 0.15) is 29.5 Å². The summed E-state index contributed by atoms with van der Waals surface area (Å²) in [7, 11) is -4.61. The van der Waals surface area contributed by atoms with Crippen molar-refractivity contribution in [3.63, 3.8) is 0 Å². The number of piperidine rings is 1. The van der Waals surface area contributed by atoms with Crippen LogP contribution < -0.4 is 29.5 Å². The Morgan fingerprint density at radius 1 is 0.892 bits per heavy atom. The number of hydrogen-bond donors (Lipinski definition) is 3. The fourth-order valence-electron chi connectivity index (χ4n) is 12.5. The number of ether oxygens (including phenoxy) is 3. The van der Waals surface area contributed by atoms with E-state index in [0.717, 1.165) is 94.1 Å². The molecule has 5 fully saturated rings. The lowest BCUT2D eigenvalue weighted by molar-refractivity contribution is -0.384. The topological polar surface area (TPSA) is 214 Å². The number of benzene rings is 3. The van der Waals surface area contributed by atoms with E-state index in [9.17, 15) is 23.3 Å². The number of H-pyrrole nitrogens is 1. The van der Waals surface area contributed by atoms with Crippen molar-refractivity contribution < 1.29 is 32.3 Å². The molecule has 12 rings (SSSR count). The molecule has 1 saturated carbocycles. The first-order valence-electron chi connectivity index (χ1n) is 25.9. The number of aromatic nitrogens is 4. The number of fused-ring (bicyclic) bond motifs is 3. The van der Waals surface area contributed by atoms with Crippen LogP contribution in [0, 0.1) is 28.4 Å². The number of carbonyl (C=O) groups excluding carboxylic acids is 1. The Bertz CT molecular complexity index is 3170. The minimum atomic E-state index is -4.61. The molecule has 6 aromatic rings. The van der Waals surface area contributed by atoms with Crippen molar-refractivity contribution >= 4 is 61.1 Å². The molecule has 1 spiro atoms. The van der Waals surface area contributed by atoms with Gasteiger partial charge in [-0.05, 0) is 117 Å². The summed E-state index contributed by atoms with van der Waals surface area (Å²) in [5, 5.41) is 16.3. The van der Waals surface area contributed by atoms with Gasteiger partial charge in [0.15, 0.2) is 0 Å². The second-order valence-corrected chi connectivity index (χ2v) is 22.6. The van der Waals surface area contributed by atoms with Gasteiger partial charge in [-0.3, -0.25) is 19.8 Å². The van der Waals surface area contributed by atoms with Gasteiger partial charge in [-0.25, -0.2) is 23.1 Å². The Morgan fingerprint density at radius 3 is 2.49 bits per heavy atom. The zero-order valence-electron chi connectivity index (χ0n) is 41.4. The SMILES string of the molecule is Cc1ccccc1[C@@H]1CN(c2cncnc2)CCN1C1CC2(CCN(c3ccc(C(=O)NS(=O)(=O)c4ccc(NCC5CCOCC5)c([N+](=O)[O-])c4)c(N4c5cc6cc[nH]c6nc5O[C@H]5COCC[C@@H]54)c3)CC2)C1. The van der Waals surface area contributed by atoms with Crippen molar-refractivity contribution in [2.24, 2.45) is 11.3 Å². The van der Waals surface area contributed by atoms with E-state index in [2.05, 4.69) is 75.8 Å². The normalized spacial score (nSPS) is 22.4. The van der Waals surface area contributed by atoms with Gasteiger partial charge in [0.05, 0.1) is 57.8 Å². The van der Waals surface area contributed by atoms with Gasteiger partial charge in [0.2, 0.25) is 5.88 Å². The number of nitro benzene ring substituents is 1. The zero-order valence-corrected chi connectivity index (χ0v) is 42.2. The van der Waals surface area contributed by atoms with Crippen LogP contribution in [0.15, 0.2) is 103 Å². The first kappa shape index (κ1) is 48.1. The first-order valence-corrected chi connectivity index (χ1v) is 27.4. The number of nitrogens with zero attached hydrogens (tertiary/aromatic N) is 8. The maximum atomic E-state index is 14.7. The van der Waals surface area contributed by atoms with Crippen molar-refractivity contribution in [3.05, 3.63) is 125 Å². The third kappa shape index (κ3) is 9.25. The summed E-state index contributed by atoms with van der Waals surface area (Å²) >= 11 is 0. The Labute approximate surface area is 429 Å². The van der Waals surface area contributed by atoms with E-state index in [1.165, 1.54) is 23.3 Å². The third-order valence-corrected chi connectivity index (χ3v) is 17.9. The van der Waals surface area contributed by atoms with Gasteiger partial charge in [0.25, 0.3) is 21.6 Å². The highest BCUT2D eigenvalue weighted by Crippen LogP contribution is 2.54. The summed E-state index contributed by atoms with van der Waals surface area (Å²) in [4.78, 5) is 52.3. The van der Waals surface area contributed by atoms with Gasteiger partial charge >= 0.3 is 0 Å². The highest BCUT2D eigenvalue weighted by molar-refractivity contribution is 7.90. The van der Waals surface area contributed by atoms with Crippen LogP contribution in [0.4, 0.5) is 34.1 Å². The molecule has 1 amide bonds. The number of hydrogen-bond acceptors (Lipinski definition) is 16. The molecule has 3 atom stereocenters. The summed E-state index contributed by atoms with van der Waals surface area (Å²) < 4.78 is 48.5. The van der Waals surface area contributed by atoms with Gasteiger partial charge in [-0.1, -0.05) is 24.3 Å². The van der Waals surface area contributed by atoms with E-state index in [0.29, 0.717) is 68.3 Å². The molecular formula is C54H61N11O8S. The van der Waals surface area contributed by atoms with Crippen molar-refractivity contribution in [3.8, 4) is 5.88 Å². The molecule has 3 aromatic heterocycles. The van der Waals surface area contributed by atoms with Gasteiger partial charge in [0, 0.05) is 88.5 Å². The van der Waals surface area contributed by atoms with E-state index >= 15 is 0 Å². The smallest absolute Gasteiger partial charge is 0.293 e. The van der Waals surface area contributed by atoms with E-state index in [4.69, 9.17) is 19.2 Å². The zero-order chi connectivity index (χ0) is 50.6. The number of carbonyl (C=O) groups is 1. The number of aromatic amines is 1. The minimum Gasteiger partial charge on any atom is -0.468 e. The summed E-state index contributed by atoms with van der Waals surface area (Å²) in [5.74, 6) is -0.238. The molecule has 5 aliphatic heterocycles. The third-order valence-electron chi connectivity index (χ3n) is 16.6. The Kier molecular flexibility index (Phi) is 12.8. The molecule has 0 bridgehead atoms. The molecule has 6 aliphatic rings. The van der Waals surface area contributed by atoms with Gasteiger partial charge < -0.3 is 39.2 Å². The number of sulfonamides is 1. The summed E-state index contributed by atoms with van der Waals surface area (Å²) in [5.41, 5.74) is 6.56. The van der Waals surface area contributed by atoms with Crippen molar-refractivity contribution in [2.75, 3.05) is 85.7 Å². The average molecular weight is 1020 g/mol. The fraction of sp³-hybridized carbons (Fsp3) is 0.444. The van der Waals surface area contributed by atoms with Gasteiger partial charge in [-0.15, -0.1) is 0 Å². The number of amides is 1. The number of piperazine rings is 1. The van der Waals surface area contributed by atoms with Crippen molar-refractivity contribution in [2.45, 2.75) is 81.0 Å². The molecule has 20 heteroatoms. The molecule has 3 N–H and O–H groups in total. The standard InChI is InChI=1S/C54H61N11O8S/c1-35-4-2-3-5-42(35)49-32-62(40-30-55-34-56-31-40)19-20-63(49)39-27-54(28-39)14-17-61(18-15-54)38-6-8-43(46(25-38)64-45-13-23-72-33-50(45)73-53-48(64)24-37-10-16-57-51(37)59-53)52(66)60-74(69,70)41-7-9-44(47(26-41)65(67)68)58-29-36-11-21-71-22-12-36/h2-10,16,24-26,30-31,34,36,39,45,49-50,58H,11-15,17-23,27-29,32-33H2,1H3,(H,57,59)(H,60,66)/t45-,49-,50-/m0/s1. The first-order chi connectivity index (χ1) is 36.0. The highest BCUT2D eigenvalue weighted by Gasteiger charge is 2.50. The van der Waals surface area contributed by atoms with Crippen LogP contribution in [-0.4, -0.2) is 128 Å².